The van der Waals surface area contributed by atoms with Gasteiger partial charge in [-0.15, -0.1) is 4.80 Å². The van der Waals surface area contributed by atoms with E-state index in [1.54, 1.807) is 14.0 Å². The molecule has 5 rings (SSSR count). The number of amides is 1. The van der Waals surface area contributed by atoms with Crippen LogP contribution in [-0.4, -0.2) is 62.2 Å². The summed E-state index contributed by atoms with van der Waals surface area (Å²) in [4.78, 5) is 44.3. The van der Waals surface area contributed by atoms with Gasteiger partial charge in [0.2, 0.25) is 5.91 Å². The largest absolute Gasteiger partial charge is 0.496 e. The van der Waals surface area contributed by atoms with Gasteiger partial charge in [-0.1, -0.05) is 24.7 Å². The monoisotopic (exact) mass is 570 g/mol. The third kappa shape index (κ3) is 4.83. The highest BCUT2D eigenvalue weighted by molar-refractivity contribution is 7.21. The summed E-state index contributed by atoms with van der Waals surface area (Å²) in [6, 6.07) is 3.23. The number of aryl methyl sites for hydroxylation is 1. The lowest BCUT2D eigenvalue weighted by Crippen LogP contribution is -2.44. The number of methoxy groups -OCH3 is 1. The summed E-state index contributed by atoms with van der Waals surface area (Å²) in [5.41, 5.74) is -0.139. The van der Waals surface area contributed by atoms with E-state index >= 15 is 0 Å². The highest BCUT2D eigenvalue weighted by Gasteiger charge is 2.35. The highest BCUT2D eigenvalue weighted by atomic mass is 32.1. The number of benzene rings is 1. The number of likely N-dealkylation sites (tertiary alicyclic amines) is 1. The lowest BCUT2D eigenvalue weighted by atomic mass is 10.1. The van der Waals surface area contributed by atoms with E-state index in [4.69, 9.17) is 9.47 Å². The maximum Gasteiger partial charge on any atom is 0.332 e. The van der Waals surface area contributed by atoms with E-state index in [2.05, 4.69) is 10.2 Å². The molecule has 1 aliphatic heterocycles. The number of nitrogens with zero attached hydrogens (tertiary/aromatic N) is 6. The first-order chi connectivity index (χ1) is 19.3. The van der Waals surface area contributed by atoms with Crippen molar-refractivity contribution in [2.24, 2.45) is 0 Å². The van der Waals surface area contributed by atoms with Crippen LogP contribution in [-0.2, 0) is 16.1 Å². The molecule has 1 fully saturated rings. The maximum atomic E-state index is 14.4. The second-order valence-electron chi connectivity index (χ2n) is 9.76. The van der Waals surface area contributed by atoms with Gasteiger partial charge in [0.05, 0.1) is 31.4 Å². The number of carbonyl (C=O) groups is 1. The molecule has 11 nitrogen and oxygen atoms in total. The average molecular weight is 571 g/mol. The van der Waals surface area contributed by atoms with Crippen LogP contribution in [0.3, 0.4) is 0 Å². The van der Waals surface area contributed by atoms with E-state index < -0.39 is 29.2 Å². The number of carbonyl (C=O) groups excluding carboxylic acids is 1. The van der Waals surface area contributed by atoms with Crippen molar-refractivity contribution in [1.29, 1.82) is 0 Å². The number of likely N-dealkylation sites (N-methyl/N-ethyl adjacent to an activating group) is 1. The molecule has 13 heteroatoms. The number of rotatable bonds is 10. The van der Waals surface area contributed by atoms with E-state index in [9.17, 15) is 18.8 Å². The predicted octanol–water partition coefficient (Wildman–Crippen LogP) is 3.22. The second-order valence-corrected chi connectivity index (χ2v) is 10.7. The zero-order chi connectivity index (χ0) is 28.6. The number of thiophene rings is 1. The van der Waals surface area contributed by atoms with Crippen molar-refractivity contribution >= 4 is 27.5 Å². The Bertz CT molecular complexity index is 1660. The van der Waals surface area contributed by atoms with Gasteiger partial charge in [-0.3, -0.25) is 14.2 Å². The number of aromatic nitrogens is 5. The molecule has 40 heavy (non-hydrogen) atoms. The van der Waals surface area contributed by atoms with E-state index in [1.807, 2.05) is 6.92 Å². The van der Waals surface area contributed by atoms with E-state index in [0.717, 1.165) is 17.4 Å². The molecular weight excluding hydrogens is 539 g/mol. The third-order valence-electron chi connectivity index (χ3n) is 7.23. The van der Waals surface area contributed by atoms with Crippen LogP contribution < -0.4 is 16.0 Å². The van der Waals surface area contributed by atoms with Gasteiger partial charge < -0.3 is 14.4 Å². The van der Waals surface area contributed by atoms with Crippen molar-refractivity contribution < 1.29 is 18.7 Å². The van der Waals surface area contributed by atoms with E-state index in [0.29, 0.717) is 51.7 Å². The molecule has 0 radical (unpaired) electrons. The molecule has 0 unspecified atom stereocenters. The molecule has 4 heterocycles. The minimum atomic E-state index is -0.922. The van der Waals surface area contributed by atoms with Crippen LogP contribution in [0.1, 0.15) is 49.5 Å². The van der Waals surface area contributed by atoms with Gasteiger partial charge in [-0.05, 0) is 38.0 Å². The van der Waals surface area contributed by atoms with E-state index in [-0.39, 0.29) is 12.5 Å². The number of unbranched alkanes of at least 4 members (excludes halogenated alkanes) is 1. The molecule has 0 N–H and O–H groups in total. The Balaban J connectivity index is 1.75. The van der Waals surface area contributed by atoms with Crippen LogP contribution >= 0.6 is 11.3 Å². The van der Waals surface area contributed by atoms with Gasteiger partial charge in [0, 0.05) is 31.3 Å². The number of ether oxygens (including phenoxy) is 2. The first kappa shape index (κ1) is 27.7. The second kappa shape index (κ2) is 11.3. The van der Waals surface area contributed by atoms with Crippen molar-refractivity contribution in [1.82, 2.24) is 29.0 Å². The maximum absolute atomic E-state index is 14.4. The van der Waals surface area contributed by atoms with Crippen LogP contribution in [0.5, 0.6) is 5.75 Å². The molecule has 0 spiro atoms. The Labute approximate surface area is 233 Å². The number of hydrogen-bond acceptors (Lipinski definition) is 8. The predicted molar refractivity (Wildman–Crippen MR) is 148 cm³/mol. The van der Waals surface area contributed by atoms with Gasteiger partial charge in [0.15, 0.2) is 0 Å². The van der Waals surface area contributed by atoms with Gasteiger partial charge in [0.25, 0.3) is 5.56 Å². The molecular formula is C27H31FN6O5S. The van der Waals surface area contributed by atoms with Crippen LogP contribution in [0.15, 0.2) is 40.2 Å². The molecule has 0 saturated carbocycles. The molecule has 212 valence electrons. The Morgan fingerprint density at radius 1 is 1.20 bits per heavy atom. The van der Waals surface area contributed by atoms with Crippen molar-refractivity contribution in [3.8, 4) is 10.8 Å². The molecule has 0 bridgehead atoms. The molecule has 1 amide bonds. The summed E-state index contributed by atoms with van der Waals surface area (Å²) < 4.78 is 28.7. The smallest absolute Gasteiger partial charge is 0.332 e. The normalized spacial score (nSPS) is 16.3. The minimum Gasteiger partial charge on any atom is -0.496 e. The fourth-order valence-corrected chi connectivity index (χ4v) is 6.30. The zero-order valence-corrected chi connectivity index (χ0v) is 23.6. The first-order valence-electron chi connectivity index (χ1n) is 13.1. The van der Waals surface area contributed by atoms with Gasteiger partial charge >= 0.3 is 5.69 Å². The van der Waals surface area contributed by atoms with Crippen LogP contribution in [0, 0.1) is 12.7 Å². The van der Waals surface area contributed by atoms with Crippen LogP contribution in [0.25, 0.3) is 15.2 Å². The third-order valence-corrected chi connectivity index (χ3v) is 8.51. The first-order valence-corrected chi connectivity index (χ1v) is 13.9. The van der Waals surface area contributed by atoms with Gasteiger partial charge in [-0.25, -0.2) is 13.8 Å². The van der Waals surface area contributed by atoms with Crippen molar-refractivity contribution in [2.75, 3.05) is 27.3 Å². The summed E-state index contributed by atoms with van der Waals surface area (Å²) in [7, 11) is 3.13. The summed E-state index contributed by atoms with van der Waals surface area (Å²) >= 11 is 1.20. The summed E-state index contributed by atoms with van der Waals surface area (Å²) in [6.07, 6.45) is 4.24. The molecule has 1 aliphatic rings. The van der Waals surface area contributed by atoms with Crippen molar-refractivity contribution in [3.63, 3.8) is 0 Å². The number of halogens is 1. The van der Waals surface area contributed by atoms with Gasteiger partial charge in [-0.2, -0.15) is 10.2 Å². The fourth-order valence-electron chi connectivity index (χ4n) is 5.08. The number of hydrogen-bond donors (Lipinski definition) is 0. The van der Waals surface area contributed by atoms with E-state index in [1.165, 1.54) is 63.3 Å². The molecule has 3 aromatic heterocycles. The Hall–Kier alpha value is -3.84. The van der Waals surface area contributed by atoms with Crippen molar-refractivity contribution in [2.45, 2.75) is 51.8 Å². The average Bonchev–Trinajstić information content (AvgIpc) is 3.66. The minimum absolute atomic E-state index is 0.0399. The highest BCUT2D eigenvalue weighted by Crippen LogP contribution is 2.34. The molecule has 2 atom stereocenters. The summed E-state index contributed by atoms with van der Waals surface area (Å²) in [5, 5.41) is 9.30. The van der Waals surface area contributed by atoms with Crippen LogP contribution in [0.4, 0.5) is 4.39 Å². The molecule has 4 aromatic rings. The van der Waals surface area contributed by atoms with Crippen molar-refractivity contribution in [3.05, 3.63) is 68.4 Å². The quantitative estimate of drug-likeness (QED) is 0.269. The lowest BCUT2D eigenvalue weighted by molar-refractivity contribution is -0.129. The zero-order valence-electron chi connectivity index (χ0n) is 22.8. The van der Waals surface area contributed by atoms with Gasteiger partial charge in [0.1, 0.15) is 33.5 Å². The van der Waals surface area contributed by atoms with Crippen LogP contribution in [0.2, 0.25) is 0 Å². The Morgan fingerprint density at radius 2 is 1.95 bits per heavy atom. The molecule has 1 aromatic carbocycles. The summed E-state index contributed by atoms with van der Waals surface area (Å²) in [6.45, 7) is 4.56. The summed E-state index contributed by atoms with van der Waals surface area (Å²) in [5.74, 6) is -0.354. The SMILES string of the molecule is CCCCO[C@@H](Cn1c(=O)n([C@@H]2CCN(C)C2=O)c(=O)c2c(C)c(-n3nccn3)sc21)c1cc(F)ccc1OC. The molecule has 0 aliphatic carbocycles. The Kier molecular flexibility index (Phi) is 7.86. The topological polar surface area (TPSA) is 113 Å². The molecule has 1 saturated heterocycles. The fraction of sp³-hybridized carbons (Fsp3) is 0.444. The lowest BCUT2D eigenvalue weighted by Gasteiger charge is -2.23. The standard InChI is InChI=1S/C27H31FN6O5S/c1-5-6-13-39-21(18-14-17(28)7-8-20(18)38-4)15-32-26-22(16(2)25(40-26)34-29-10-11-30-34)24(36)33(27(32)37)19-9-12-31(3)23(19)35/h7-8,10-11,14,19,21H,5-6,9,12-13,15H2,1-4H3/t19-,21+/m1/s1. The Morgan fingerprint density at radius 3 is 2.60 bits per heavy atom. The number of fused-ring (bicyclic) bond motifs is 1.